The van der Waals surface area contributed by atoms with Crippen molar-refractivity contribution < 1.29 is 13.4 Å². The molecule has 0 bridgehead atoms. The van der Waals surface area contributed by atoms with Crippen LogP contribution in [-0.2, 0) is 9.05 Å². The summed E-state index contributed by atoms with van der Waals surface area (Å²) in [4.78, 5) is 0. The molecule has 2 unspecified atom stereocenters. The minimum Gasteiger partial charge on any atom is -0.316 e. The fourth-order valence-electron chi connectivity index (χ4n) is 0.268. The zero-order valence-corrected chi connectivity index (χ0v) is 4.95. The van der Waals surface area contributed by atoms with Crippen LogP contribution in [0.5, 0.6) is 0 Å². The van der Waals surface area contributed by atoms with Crippen LogP contribution >= 0.6 is 19.0 Å². The van der Waals surface area contributed by atoms with Crippen molar-refractivity contribution in [2.75, 3.05) is 6.61 Å². The van der Waals surface area contributed by atoms with Crippen LogP contribution in [-0.4, -0.2) is 13.0 Å². The summed E-state index contributed by atoms with van der Waals surface area (Å²) in [7, 11) is -1.41. The van der Waals surface area contributed by atoms with Gasteiger partial charge >= 0.3 is 0 Å². The van der Waals surface area contributed by atoms with Crippen LogP contribution in [0, 0.1) is 0 Å². The molecule has 5 heteroatoms. The van der Waals surface area contributed by atoms with Crippen LogP contribution in [0.15, 0.2) is 0 Å². The van der Waals surface area contributed by atoms with Gasteiger partial charge in [-0.2, -0.15) is 0 Å². The Hall–Kier alpha value is 0.570. The Balaban J connectivity index is 2.26. The highest BCUT2D eigenvalue weighted by Crippen LogP contribution is 2.49. The van der Waals surface area contributed by atoms with E-state index < -0.39 is 14.1 Å². The zero-order valence-electron chi connectivity index (χ0n) is 3.30. The standard InChI is InChI=1S/C2H3ClFO2P/c3-7-5-1-2(4)6-7/h2H,1H2. The van der Waals surface area contributed by atoms with Crippen LogP contribution in [0.2, 0.25) is 0 Å². The molecule has 0 aromatic heterocycles. The molecular formula is C2H3ClFO2P. The fourth-order valence-corrected chi connectivity index (χ4v) is 1.23. The Bertz CT molecular complexity index is 64.7. The molecule has 1 saturated heterocycles. The van der Waals surface area contributed by atoms with E-state index in [1.807, 2.05) is 0 Å². The van der Waals surface area contributed by atoms with Crippen molar-refractivity contribution in [2.45, 2.75) is 6.36 Å². The van der Waals surface area contributed by atoms with Gasteiger partial charge in [0.1, 0.15) is 6.61 Å². The summed E-state index contributed by atoms with van der Waals surface area (Å²) >= 11 is 5.19. The van der Waals surface area contributed by atoms with Crippen molar-refractivity contribution in [1.82, 2.24) is 0 Å². The van der Waals surface area contributed by atoms with Gasteiger partial charge in [-0.25, -0.2) is 4.39 Å². The first-order valence-corrected chi connectivity index (χ1v) is 3.77. The van der Waals surface area contributed by atoms with Gasteiger partial charge in [0.25, 0.3) is 7.73 Å². The minimum atomic E-state index is -1.41. The highest BCUT2D eigenvalue weighted by atomic mass is 35.7. The molecule has 42 valence electrons. The largest absolute Gasteiger partial charge is 0.316 e. The average Bonchev–Trinajstić information content (AvgIpc) is 1.87. The second-order valence-electron chi connectivity index (χ2n) is 1.02. The van der Waals surface area contributed by atoms with Gasteiger partial charge in [0.2, 0.25) is 6.36 Å². The molecule has 0 aliphatic carbocycles. The van der Waals surface area contributed by atoms with E-state index in [4.69, 9.17) is 11.2 Å². The van der Waals surface area contributed by atoms with Crippen LogP contribution in [0.25, 0.3) is 0 Å². The van der Waals surface area contributed by atoms with E-state index in [9.17, 15) is 4.39 Å². The normalized spacial score (nSPS) is 42.0. The first-order chi connectivity index (χ1) is 3.29. The van der Waals surface area contributed by atoms with Gasteiger partial charge in [-0.05, 0) is 11.2 Å². The van der Waals surface area contributed by atoms with E-state index in [2.05, 4.69) is 9.05 Å². The topological polar surface area (TPSA) is 18.5 Å². The van der Waals surface area contributed by atoms with Gasteiger partial charge in [-0.1, -0.05) is 0 Å². The molecule has 0 spiro atoms. The quantitative estimate of drug-likeness (QED) is 0.483. The lowest BCUT2D eigenvalue weighted by Gasteiger charge is -1.91. The molecule has 0 N–H and O–H groups in total. The summed E-state index contributed by atoms with van der Waals surface area (Å²) in [5.74, 6) is 0. The van der Waals surface area contributed by atoms with E-state index >= 15 is 0 Å². The Morgan fingerprint density at radius 1 is 1.86 bits per heavy atom. The molecule has 2 nitrogen and oxygen atoms in total. The summed E-state index contributed by atoms with van der Waals surface area (Å²) < 4.78 is 20.6. The zero-order chi connectivity index (χ0) is 5.28. The maximum atomic E-state index is 11.8. The molecule has 1 fully saturated rings. The van der Waals surface area contributed by atoms with Crippen molar-refractivity contribution in [3.63, 3.8) is 0 Å². The number of hydrogen-bond donors (Lipinski definition) is 0. The van der Waals surface area contributed by atoms with Crippen LogP contribution < -0.4 is 0 Å². The molecule has 1 aliphatic heterocycles. The lowest BCUT2D eigenvalue weighted by atomic mass is 10.8. The van der Waals surface area contributed by atoms with Gasteiger partial charge in [-0.3, -0.25) is 4.52 Å². The van der Waals surface area contributed by atoms with E-state index in [1.165, 1.54) is 0 Å². The fraction of sp³-hybridized carbons (Fsp3) is 1.00. The number of halogens is 2. The molecule has 1 heterocycles. The Labute approximate surface area is 46.3 Å². The van der Waals surface area contributed by atoms with Gasteiger partial charge in [0, 0.05) is 0 Å². The third kappa shape index (κ3) is 1.50. The lowest BCUT2D eigenvalue weighted by Crippen LogP contribution is -1.97. The van der Waals surface area contributed by atoms with E-state index in [0.29, 0.717) is 0 Å². The van der Waals surface area contributed by atoms with E-state index in [0.717, 1.165) is 0 Å². The molecule has 0 saturated carbocycles. The second kappa shape index (κ2) is 2.23. The van der Waals surface area contributed by atoms with Gasteiger partial charge in [-0.15, -0.1) is 0 Å². The minimum absolute atomic E-state index is 0.0186. The van der Waals surface area contributed by atoms with Crippen molar-refractivity contribution in [3.8, 4) is 0 Å². The van der Waals surface area contributed by atoms with Gasteiger partial charge < -0.3 is 4.52 Å². The smallest absolute Gasteiger partial charge is 0.279 e. The maximum Gasteiger partial charge on any atom is 0.279 e. The SMILES string of the molecule is FC1COP(Cl)O1. The Morgan fingerprint density at radius 2 is 2.57 bits per heavy atom. The van der Waals surface area contributed by atoms with E-state index in [-0.39, 0.29) is 6.61 Å². The maximum absolute atomic E-state index is 11.8. The monoisotopic (exact) mass is 144 g/mol. The molecule has 1 aliphatic rings. The Morgan fingerprint density at radius 3 is 2.71 bits per heavy atom. The molecule has 7 heavy (non-hydrogen) atoms. The third-order valence-electron chi connectivity index (χ3n) is 0.504. The van der Waals surface area contributed by atoms with Gasteiger partial charge in [0.05, 0.1) is 0 Å². The molecule has 0 aromatic carbocycles. The predicted molar refractivity (Wildman–Crippen MR) is 24.7 cm³/mol. The molecule has 0 radical (unpaired) electrons. The number of rotatable bonds is 0. The third-order valence-corrected chi connectivity index (χ3v) is 1.78. The lowest BCUT2D eigenvalue weighted by molar-refractivity contribution is 0.0939. The summed E-state index contributed by atoms with van der Waals surface area (Å²) in [5.41, 5.74) is 0. The van der Waals surface area contributed by atoms with Crippen LogP contribution in [0.3, 0.4) is 0 Å². The highest BCUT2D eigenvalue weighted by molar-refractivity contribution is 7.76. The van der Waals surface area contributed by atoms with Crippen molar-refractivity contribution in [2.24, 2.45) is 0 Å². The van der Waals surface area contributed by atoms with Crippen LogP contribution in [0.1, 0.15) is 0 Å². The highest BCUT2D eigenvalue weighted by Gasteiger charge is 2.23. The first-order valence-electron chi connectivity index (χ1n) is 1.69. The summed E-state index contributed by atoms with van der Waals surface area (Å²) in [6.07, 6.45) is -1.30. The van der Waals surface area contributed by atoms with Crippen molar-refractivity contribution >= 4 is 19.0 Å². The van der Waals surface area contributed by atoms with E-state index in [1.54, 1.807) is 0 Å². The summed E-state index contributed by atoms with van der Waals surface area (Å²) in [6.45, 7) is -0.0186. The van der Waals surface area contributed by atoms with Crippen molar-refractivity contribution in [1.29, 1.82) is 0 Å². The molecule has 1 rings (SSSR count). The number of hydrogen-bond acceptors (Lipinski definition) is 2. The van der Waals surface area contributed by atoms with Crippen molar-refractivity contribution in [3.05, 3.63) is 0 Å². The molecule has 2 atom stereocenters. The second-order valence-corrected chi connectivity index (χ2v) is 2.75. The van der Waals surface area contributed by atoms with Crippen LogP contribution in [0.4, 0.5) is 4.39 Å². The predicted octanol–water partition coefficient (Wildman–Crippen LogP) is 1.79. The molecule has 0 aromatic rings. The first kappa shape index (κ1) is 5.70. The summed E-state index contributed by atoms with van der Waals surface area (Å²) in [6, 6.07) is 0. The Kier molecular flexibility index (Phi) is 1.81. The average molecular weight is 144 g/mol. The molecule has 0 amide bonds. The van der Waals surface area contributed by atoms with Gasteiger partial charge in [0.15, 0.2) is 0 Å². The number of alkyl halides is 1. The molecular weight excluding hydrogens is 141 g/mol. The summed E-state index contributed by atoms with van der Waals surface area (Å²) in [5, 5.41) is 0.